The molecule has 0 radical (unpaired) electrons. The quantitative estimate of drug-likeness (QED) is 0.698. The number of nitrogens with one attached hydrogen (secondary N) is 2. The van der Waals surface area contributed by atoms with E-state index in [1.807, 2.05) is 7.05 Å². The number of hydrogen-bond donors (Lipinski definition) is 2. The summed E-state index contributed by atoms with van der Waals surface area (Å²) < 4.78 is 1.64. The molecule has 0 spiro atoms. The fraction of sp³-hybridized carbons (Fsp3) is 0.875. The van der Waals surface area contributed by atoms with E-state index < -0.39 is 0 Å². The molecule has 1 unspecified atom stereocenters. The van der Waals surface area contributed by atoms with Crippen molar-refractivity contribution in [1.29, 1.82) is 0 Å². The average Bonchev–Trinajstić information content (AvgIpc) is 2.63. The van der Waals surface area contributed by atoms with Gasteiger partial charge in [0.15, 0.2) is 0 Å². The molecule has 78 valence electrons. The van der Waals surface area contributed by atoms with Crippen LogP contribution in [-0.2, 0) is 7.05 Å². The molecule has 1 fully saturated rings. The second-order valence-corrected chi connectivity index (χ2v) is 3.65. The minimum Gasteiger partial charge on any atom is -0.352 e. The Morgan fingerprint density at radius 3 is 3.14 bits per heavy atom. The summed E-state index contributed by atoms with van der Waals surface area (Å²) in [6.07, 6.45) is 3.84. The fourth-order valence-electron chi connectivity index (χ4n) is 1.69. The number of anilines is 1. The molecule has 6 nitrogen and oxygen atoms in total. The molecule has 0 bridgehead atoms. The number of aromatic nitrogens is 4. The fourth-order valence-corrected chi connectivity index (χ4v) is 1.69. The Hall–Kier alpha value is -1.17. The lowest BCUT2D eigenvalue weighted by Gasteiger charge is -2.23. The van der Waals surface area contributed by atoms with Crippen molar-refractivity contribution in [2.45, 2.75) is 25.3 Å². The van der Waals surface area contributed by atoms with Crippen LogP contribution >= 0.6 is 0 Å². The van der Waals surface area contributed by atoms with Gasteiger partial charge in [-0.05, 0) is 29.8 Å². The predicted octanol–water partition coefficient (Wildman–Crippen LogP) is -0.236. The largest absolute Gasteiger partial charge is 0.352 e. The first-order chi connectivity index (χ1) is 6.86. The summed E-state index contributed by atoms with van der Waals surface area (Å²) in [7, 11) is 1.83. The van der Waals surface area contributed by atoms with Gasteiger partial charge in [-0.25, -0.2) is 4.68 Å². The Morgan fingerprint density at radius 2 is 2.50 bits per heavy atom. The van der Waals surface area contributed by atoms with Gasteiger partial charge in [0.1, 0.15) is 0 Å². The first-order valence-electron chi connectivity index (χ1n) is 5.06. The zero-order chi connectivity index (χ0) is 9.80. The van der Waals surface area contributed by atoms with E-state index >= 15 is 0 Å². The van der Waals surface area contributed by atoms with Crippen LogP contribution < -0.4 is 10.6 Å². The van der Waals surface area contributed by atoms with Crippen LogP contribution in [0.25, 0.3) is 0 Å². The summed E-state index contributed by atoms with van der Waals surface area (Å²) in [4.78, 5) is 0. The highest BCUT2D eigenvalue weighted by Gasteiger charge is 2.12. The van der Waals surface area contributed by atoms with Crippen molar-refractivity contribution in [1.82, 2.24) is 25.5 Å². The van der Waals surface area contributed by atoms with E-state index in [0.717, 1.165) is 19.0 Å². The third-order valence-electron chi connectivity index (χ3n) is 2.54. The molecule has 2 N–H and O–H groups in total. The minimum absolute atomic E-state index is 0.556. The summed E-state index contributed by atoms with van der Waals surface area (Å²) in [5.74, 6) is 0.734. The van der Waals surface area contributed by atoms with E-state index in [1.54, 1.807) is 4.68 Å². The first-order valence-corrected chi connectivity index (χ1v) is 5.06. The standard InChI is InChI=1S/C8H16N6/c1-14-8(11-12-13-14)10-6-7-4-2-3-5-9-7/h7,9H,2-6H2,1H3,(H,10,11,13). The predicted molar refractivity (Wildman–Crippen MR) is 52.9 cm³/mol. The van der Waals surface area contributed by atoms with Crippen molar-refractivity contribution in [2.75, 3.05) is 18.4 Å². The molecule has 14 heavy (non-hydrogen) atoms. The van der Waals surface area contributed by atoms with Crippen molar-refractivity contribution < 1.29 is 0 Å². The van der Waals surface area contributed by atoms with Crippen molar-refractivity contribution in [2.24, 2.45) is 7.05 Å². The average molecular weight is 196 g/mol. The zero-order valence-corrected chi connectivity index (χ0v) is 8.40. The third-order valence-corrected chi connectivity index (χ3v) is 2.54. The van der Waals surface area contributed by atoms with Gasteiger partial charge in [-0.1, -0.05) is 11.5 Å². The summed E-state index contributed by atoms with van der Waals surface area (Å²) in [5.41, 5.74) is 0. The van der Waals surface area contributed by atoms with Gasteiger partial charge in [-0.15, -0.1) is 0 Å². The van der Waals surface area contributed by atoms with Crippen LogP contribution in [0.3, 0.4) is 0 Å². The number of tetrazole rings is 1. The Kier molecular flexibility index (Phi) is 2.93. The molecule has 2 rings (SSSR count). The van der Waals surface area contributed by atoms with Gasteiger partial charge in [0, 0.05) is 19.6 Å². The second-order valence-electron chi connectivity index (χ2n) is 3.65. The molecule has 1 atom stereocenters. The Bertz CT molecular complexity index is 277. The van der Waals surface area contributed by atoms with E-state index in [9.17, 15) is 0 Å². The van der Waals surface area contributed by atoms with Gasteiger partial charge in [-0.3, -0.25) is 0 Å². The lowest BCUT2D eigenvalue weighted by atomic mass is 10.1. The van der Waals surface area contributed by atoms with Crippen LogP contribution in [0, 0.1) is 0 Å². The van der Waals surface area contributed by atoms with Gasteiger partial charge in [0.25, 0.3) is 0 Å². The maximum Gasteiger partial charge on any atom is 0.242 e. The summed E-state index contributed by atoms with van der Waals surface area (Å²) in [6, 6.07) is 0.556. The Balaban J connectivity index is 1.79. The summed E-state index contributed by atoms with van der Waals surface area (Å²) >= 11 is 0. The van der Waals surface area contributed by atoms with Crippen molar-refractivity contribution in [3.05, 3.63) is 0 Å². The molecule has 1 aliphatic rings. The van der Waals surface area contributed by atoms with Crippen LogP contribution in [0.5, 0.6) is 0 Å². The molecule has 6 heteroatoms. The summed E-state index contributed by atoms with van der Waals surface area (Å²) in [5, 5.41) is 17.9. The lowest BCUT2D eigenvalue weighted by Crippen LogP contribution is -2.39. The topological polar surface area (TPSA) is 67.7 Å². The maximum atomic E-state index is 3.86. The molecule has 1 saturated heterocycles. The van der Waals surface area contributed by atoms with Gasteiger partial charge in [0.05, 0.1) is 0 Å². The van der Waals surface area contributed by atoms with Crippen LogP contribution in [-0.4, -0.2) is 39.3 Å². The van der Waals surface area contributed by atoms with E-state index in [4.69, 9.17) is 0 Å². The molecule has 1 aromatic rings. The number of hydrogen-bond acceptors (Lipinski definition) is 5. The smallest absolute Gasteiger partial charge is 0.242 e. The van der Waals surface area contributed by atoms with Crippen LogP contribution in [0.4, 0.5) is 5.95 Å². The molecular formula is C8H16N6. The molecular weight excluding hydrogens is 180 g/mol. The monoisotopic (exact) mass is 196 g/mol. The molecule has 1 aromatic heterocycles. The van der Waals surface area contributed by atoms with Crippen molar-refractivity contribution in [3.63, 3.8) is 0 Å². The van der Waals surface area contributed by atoms with E-state index in [1.165, 1.54) is 19.3 Å². The summed E-state index contributed by atoms with van der Waals surface area (Å²) in [6.45, 7) is 2.03. The first kappa shape index (κ1) is 9.39. The van der Waals surface area contributed by atoms with Crippen LogP contribution in [0.2, 0.25) is 0 Å². The maximum absolute atomic E-state index is 3.86. The van der Waals surface area contributed by atoms with Gasteiger partial charge < -0.3 is 10.6 Å². The number of rotatable bonds is 3. The van der Waals surface area contributed by atoms with E-state index in [0.29, 0.717) is 6.04 Å². The van der Waals surface area contributed by atoms with Gasteiger partial charge >= 0.3 is 0 Å². The molecule has 0 saturated carbocycles. The lowest BCUT2D eigenvalue weighted by molar-refractivity contribution is 0.413. The third kappa shape index (κ3) is 2.20. The van der Waals surface area contributed by atoms with Crippen LogP contribution in [0.15, 0.2) is 0 Å². The minimum atomic E-state index is 0.556. The molecule has 0 aromatic carbocycles. The van der Waals surface area contributed by atoms with Crippen molar-refractivity contribution >= 4 is 5.95 Å². The highest BCUT2D eigenvalue weighted by Crippen LogP contribution is 2.07. The highest BCUT2D eigenvalue weighted by molar-refractivity contribution is 5.21. The molecule has 2 heterocycles. The van der Waals surface area contributed by atoms with Gasteiger partial charge in [-0.2, -0.15) is 0 Å². The van der Waals surface area contributed by atoms with E-state index in [-0.39, 0.29) is 0 Å². The number of aryl methyl sites for hydroxylation is 1. The van der Waals surface area contributed by atoms with Crippen molar-refractivity contribution in [3.8, 4) is 0 Å². The molecule has 0 aliphatic carbocycles. The number of piperidine rings is 1. The van der Waals surface area contributed by atoms with Crippen LogP contribution in [0.1, 0.15) is 19.3 Å². The zero-order valence-electron chi connectivity index (χ0n) is 8.40. The molecule has 0 amide bonds. The Morgan fingerprint density at radius 1 is 1.57 bits per heavy atom. The highest BCUT2D eigenvalue weighted by atomic mass is 15.6. The normalized spacial score (nSPS) is 22.2. The second kappa shape index (κ2) is 4.36. The SMILES string of the molecule is Cn1nnnc1NCC1CCCCN1. The van der Waals surface area contributed by atoms with Gasteiger partial charge in [0.2, 0.25) is 5.95 Å². The Labute approximate surface area is 83.1 Å². The van der Waals surface area contributed by atoms with E-state index in [2.05, 4.69) is 26.2 Å². The number of nitrogens with zero attached hydrogens (tertiary/aromatic N) is 4. The molecule has 1 aliphatic heterocycles.